The van der Waals surface area contributed by atoms with Crippen LogP contribution >= 0.6 is 11.6 Å². The fraction of sp³-hybridized carbons (Fsp3) is 0.125. The second-order valence-electron chi connectivity index (χ2n) is 4.38. The zero-order valence-electron chi connectivity index (χ0n) is 12.0. The van der Waals surface area contributed by atoms with Gasteiger partial charge in [0.25, 0.3) is 5.91 Å². The Balaban J connectivity index is 1.78. The third-order valence-electron chi connectivity index (χ3n) is 2.55. The van der Waals surface area contributed by atoms with Gasteiger partial charge in [-0.15, -0.1) is 0 Å². The van der Waals surface area contributed by atoms with E-state index in [1.807, 2.05) is 6.07 Å². The van der Waals surface area contributed by atoms with E-state index in [1.54, 1.807) is 55.7 Å². The lowest BCUT2D eigenvalue weighted by Crippen LogP contribution is -2.25. The van der Waals surface area contributed by atoms with Crippen molar-refractivity contribution >= 4 is 29.3 Å². The predicted molar refractivity (Wildman–Crippen MR) is 85.9 cm³/mol. The summed E-state index contributed by atoms with van der Waals surface area (Å²) >= 11 is 5.82. The quantitative estimate of drug-likeness (QED) is 0.654. The largest absolute Gasteiger partial charge is 0.484 e. The Morgan fingerprint density at radius 3 is 3.00 bits per heavy atom. The summed E-state index contributed by atoms with van der Waals surface area (Å²) in [5.41, 5.74) is 3.04. The van der Waals surface area contributed by atoms with Crippen LogP contribution in [0.3, 0.4) is 0 Å². The molecule has 6 heteroatoms. The first-order valence-corrected chi connectivity index (χ1v) is 6.94. The number of nitrogens with zero attached hydrogens (tertiary/aromatic N) is 1. The van der Waals surface area contributed by atoms with Gasteiger partial charge in [-0.2, -0.15) is 5.10 Å². The zero-order valence-corrected chi connectivity index (χ0v) is 12.7. The number of allylic oxidation sites excluding steroid dienone is 1. The normalized spacial score (nSPS) is 11.6. The molecule has 0 spiro atoms. The Hall–Kier alpha value is -2.53. The summed E-state index contributed by atoms with van der Waals surface area (Å²) in [5.74, 6) is 0.886. The number of amides is 1. The second kappa shape index (κ2) is 8.05. The van der Waals surface area contributed by atoms with Crippen molar-refractivity contribution in [2.75, 3.05) is 6.61 Å². The molecular formula is C16H15ClN2O3. The number of benzene rings is 1. The minimum absolute atomic E-state index is 0.140. The molecule has 0 unspecified atom stereocenters. The molecule has 5 nitrogen and oxygen atoms in total. The van der Waals surface area contributed by atoms with Crippen molar-refractivity contribution in [3.8, 4) is 5.75 Å². The van der Waals surface area contributed by atoms with Crippen molar-refractivity contribution in [1.82, 2.24) is 5.43 Å². The van der Waals surface area contributed by atoms with Gasteiger partial charge < -0.3 is 9.15 Å². The highest BCUT2D eigenvalue weighted by Gasteiger charge is 2.02. The lowest BCUT2D eigenvalue weighted by molar-refractivity contribution is -0.123. The number of carbonyl (C=O) groups is 1. The number of ether oxygens (including phenoxy) is 1. The number of hydrogen-bond donors (Lipinski definition) is 1. The van der Waals surface area contributed by atoms with E-state index in [-0.39, 0.29) is 12.5 Å². The number of hydrazone groups is 1. The van der Waals surface area contributed by atoms with Crippen LogP contribution in [0.5, 0.6) is 5.75 Å². The fourth-order valence-electron chi connectivity index (χ4n) is 1.51. The van der Waals surface area contributed by atoms with Crippen molar-refractivity contribution in [2.45, 2.75) is 6.92 Å². The van der Waals surface area contributed by atoms with Crippen molar-refractivity contribution in [3.63, 3.8) is 0 Å². The van der Waals surface area contributed by atoms with Crippen LogP contribution in [0.1, 0.15) is 12.7 Å². The Kier molecular flexibility index (Phi) is 5.80. The molecule has 1 amide bonds. The highest BCUT2D eigenvalue weighted by Crippen LogP contribution is 2.16. The number of nitrogens with one attached hydrogen (secondary N) is 1. The van der Waals surface area contributed by atoms with E-state index in [9.17, 15) is 4.79 Å². The molecule has 0 aliphatic heterocycles. The average Bonchev–Trinajstić information content (AvgIpc) is 3.02. The predicted octanol–water partition coefficient (Wildman–Crippen LogP) is 3.52. The van der Waals surface area contributed by atoms with E-state index in [1.165, 1.54) is 0 Å². The highest BCUT2D eigenvalue weighted by atomic mass is 35.5. The van der Waals surface area contributed by atoms with Crippen LogP contribution in [0.4, 0.5) is 0 Å². The molecule has 0 saturated heterocycles. The van der Waals surface area contributed by atoms with Gasteiger partial charge in [0.1, 0.15) is 11.5 Å². The molecule has 0 bridgehead atoms. The Bertz CT molecular complexity index is 678. The summed E-state index contributed by atoms with van der Waals surface area (Å²) in [5, 5.41) is 4.49. The third-order valence-corrected chi connectivity index (χ3v) is 2.79. The first-order valence-electron chi connectivity index (χ1n) is 6.56. The van der Waals surface area contributed by atoms with E-state index in [4.69, 9.17) is 20.8 Å². The molecule has 0 fully saturated rings. The van der Waals surface area contributed by atoms with Gasteiger partial charge in [0, 0.05) is 5.02 Å². The smallest absolute Gasteiger partial charge is 0.277 e. The summed E-state index contributed by atoms with van der Waals surface area (Å²) in [6, 6.07) is 10.4. The number of carbonyl (C=O) groups excluding carboxylic acids is 1. The molecule has 1 aromatic carbocycles. The second-order valence-corrected chi connectivity index (χ2v) is 4.82. The molecule has 0 aliphatic rings. The molecule has 0 atom stereocenters. The number of halogens is 1. The Morgan fingerprint density at radius 1 is 1.41 bits per heavy atom. The van der Waals surface area contributed by atoms with Gasteiger partial charge in [0.15, 0.2) is 6.61 Å². The van der Waals surface area contributed by atoms with Gasteiger partial charge in [-0.05, 0) is 49.4 Å². The topological polar surface area (TPSA) is 63.8 Å². The number of rotatable bonds is 6. The van der Waals surface area contributed by atoms with E-state index < -0.39 is 0 Å². The molecular weight excluding hydrogens is 304 g/mol. The van der Waals surface area contributed by atoms with Crippen LogP contribution in [0.15, 0.2) is 58.3 Å². The van der Waals surface area contributed by atoms with Gasteiger partial charge in [-0.1, -0.05) is 17.7 Å². The van der Waals surface area contributed by atoms with E-state index >= 15 is 0 Å². The summed E-state index contributed by atoms with van der Waals surface area (Å²) < 4.78 is 10.4. The lowest BCUT2D eigenvalue weighted by atomic mass is 10.3. The van der Waals surface area contributed by atoms with Gasteiger partial charge in [-0.3, -0.25) is 4.79 Å². The van der Waals surface area contributed by atoms with Crippen molar-refractivity contribution in [1.29, 1.82) is 0 Å². The van der Waals surface area contributed by atoms with E-state index in [0.29, 0.717) is 22.2 Å². The first-order chi connectivity index (χ1) is 10.6. The van der Waals surface area contributed by atoms with Crippen LogP contribution in [0.2, 0.25) is 5.02 Å². The van der Waals surface area contributed by atoms with Crippen molar-refractivity contribution in [2.24, 2.45) is 5.10 Å². The van der Waals surface area contributed by atoms with Gasteiger partial charge >= 0.3 is 0 Å². The maximum atomic E-state index is 11.6. The molecule has 2 aromatic rings. The van der Waals surface area contributed by atoms with Gasteiger partial charge in [-0.25, -0.2) is 5.43 Å². The fourth-order valence-corrected chi connectivity index (χ4v) is 1.69. The SMILES string of the molecule is CC(C=Cc1ccco1)=NNC(=O)COc1cccc(Cl)c1. The first kappa shape index (κ1) is 15.9. The molecule has 0 aliphatic carbocycles. The maximum Gasteiger partial charge on any atom is 0.277 e. The maximum absolute atomic E-state index is 11.6. The molecule has 0 radical (unpaired) electrons. The molecule has 22 heavy (non-hydrogen) atoms. The van der Waals surface area contributed by atoms with Crippen LogP contribution in [0, 0.1) is 0 Å². The molecule has 1 heterocycles. The summed E-state index contributed by atoms with van der Waals surface area (Å²) in [7, 11) is 0. The number of hydrogen-bond acceptors (Lipinski definition) is 4. The minimum Gasteiger partial charge on any atom is -0.484 e. The number of furan rings is 1. The molecule has 1 aromatic heterocycles. The van der Waals surface area contributed by atoms with Crippen molar-refractivity contribution < 1.29 is 13.9 Å². The zero-order chi connectivity index (χ0) is 15.8. The van der Waals surface area contributed by atoms with Crippen LogP contribution in [-0.4, -0.2) is 18.2 Å². The summed E-state index contributed by atoms with van der Waals surface area (Å²) in [6.07, 6.45) is 5.07. The van der Waals surface area contributed by atoms with Crippen LogP contribution < -0.4 is 10.2 Å². The minimum atomic E-state index is -0.356. The van der Waals surface area contributed by atoms with Gasteiger partial charge in [0.2, 0.25) is 0 Å². The Labute approximate surface area is 133 Å². The average molecular weight is 319 g/mol. The van der Waals surface area contributed by atoms with Crippen LogP contribution in [-0.2, 0) is 4.79 Å². The molecule has 0 saturated carbocycles. The van der Waals surface area contributed by atoms with Crippen molar-refractivity contribution in [3.05, 3.63) is 59.5 Å². The summed E-state index contributed by atoms with van der Waals surface area (Å²) in [4.78, 5) is 11.6. The summed E-state index contributed by atoms with van der Waals surface area (Å²) in [6.45, 7) is 1.62. The monoisotopic (exact) mass is 318 g/mol. The third kappa shape index (κ3) is 5.46. The van der Waals surface area contributed by atoms with Gasteiger partial charge in [0.05, 0.1) is 12.0 Å². The molecule has 1 N–H and O–H groups in total. The Morgan fingerprint density at radius 2 is 2.27 bits per heavy atom. The van der Waals surface area contributed by atoms with E-state index in [0.717, 1.165) is 0 Å². The standard InChI is InChI=1S/C16H15ClN2O3/c1-12(7-8-14-6-3-9-21-14)18-19-16(20)11-22-15-5-2-4-13(17)10-15/h2-10H,11H2,1H3,(H,19,20). The van der Waals surface area contributed by atoms with Crippen LogP contribution in [0.25, 0.3) is 6.08 Å². The highest BCUT2D eigenvalue weighted by molar-refractivity contribution is 6.30. The molecule has 2 rings (SSSR count). The molecule has 114 valence electrons. The lowest BCUT2D eigenvalue weighted by Gasteiger charge is -2.05. The van der Waals surface area contributed by atoms with E-state index in [2.05, 4.69) is 10.5 Å².